The van der Waals surface area contributed by atoms with Gasteiger partial charge in [0.1, 0.15) is 0 Å². The Balaban J connectivity index is 2.17. The molecule has 0 aliphatic carbocycles. The summed E-state index contributed by atoms with van der Waals surface area (Å²) in [6.45, 7) is 6.57. The molecule has 0 bridgehead atoms. The van der Waals surface area contributed by atoms with Crippen molar-refractivity contribution in [1.29, 1.82) is 0 Å². The van der Waals surface area contributed by atoms with Gasteiger partial charge in [-0.2, -0.15) is 0 Å². The van der Waals surface area contributed by atoms with Crippen LogP contribution in [0.15, 0.2) is 0 Å². The van der Waals surface area contributed by atoms with Crippen LogP contribution in [0.5, 0.6) is 0 Å². The van der Waals surface area contributed by atoms with E-state index in [1.807, 2.05) is 0 Å². The Morgan fingerprint density at radius 1 is 1.38 bits per heavy atom. The molecule has 1 heterocycles. The van der Waals surface area contributed by atoms with Gasteiger partial charge in [0.25, 0.3) is 0 Å². The second kappa shape index (κ2) is 5.61. The Kier molecular flexibility index (Phi) is 4.74. The fourth-order valence-corrected chi connectivity index (χ4v) is 1.95. The van der Waals surface area contributed by atoms with Gasteiger partial charge in [0.05, 0.1) is 6.10 Å². The molecular formula is C11H23NO. The third kappa shape index (κ3) is 4.10. The normalized spacial score (nSPS) is 26.3. The largest absolute Gasteiger partial charge is 0.393 e. The van der Waals surface area contributed by atoms with Crippen LogP contribution >= 0.6 is 0 Å². The van der Waals surface area contributed by atoms with Crippen molar-refractivity contribution in [2.24, 2.45) is 11.8 Å². The molecule has 2 heteroatoms. The number of aliphatic hydroxyl groups excluding tert-OH is 1. The van der Waals surface area contributed by atoms with E-state index in [1.54, 1.807) is 0 Å². The third-order valence-electron chi connectivity index (χ3n) is 2.92. The lowest BCUT2D eigenvalue weighted by Gasteiger charge is -2.27. The zero-order chi connectivity index (χ0) is 9.68. The fraction of sp³-hybridized carbons (Fsp3) is 1.00. The highest BCUT2D eigenvalue weighted by Crippen LogP contribution is 2.19. The van der Waals surface area contributed by atoms with Gasteiger partial charge in [-0.3, -0.25) is 0 Å². The number of piperidine rings is 1. The van der Waals surface area contributed by atoms with Crippen LogP contribution in [-0.2, 0) is 0 Å². The lowest BCUT2D eigenvalue weighted by molar-refractivity contribution is 0.0791. The number of hydrogen-bond donors (Lipinski definition) is 2. The summed E-state index contributed by atoms with van der Waals surface area (Å²) in [6.07, 6.45) is 4.48. The first-order chi connectivity index (χ1) is 6.20. The van der Waals surface area contributed by atoms with Crippen LogP contribution < -0.4 is 5.32 Å². The highest BCUT2D eigenvalue weighted by Gasteiger charge is 2.20. The van der Waals surface area contributed by atoms with Crippen molar-refractivity contribution in [3.63, 3.8) is 0 Å². The standard InChI is InChI=1S/C11H23NO/c1-9(2)5-6-11(13)10-4-3-7-12-8-10/h9-13H,3-8H2,1-2H3. The molecule has 2 nitrogen and oxygen atoms in total. The molecule has 1 fully saturated rings. The minimum atomic E-state index is -0.0739. The van der Waals surface area contributed by atoms with E-state index in [9.17, 15) is 5.11 Å². The van der Waals surface area contributed by atoms with Gasteiger partial charge < -0.3 is 10.4 Å². The monoisotopic (exact) mass is 185 g/mol. The molecule has 0 spiro atoms. The van der Waals surface area contributed by atoms with Gasteiger partial charge in [-0.1, -0.05) is 13.8 Å². The maximum absolute atomic E-state index is 9.88. The van der Waals surface area contributed by atoms with E-state index in [4.69, 9.17) is 0 Å². The molecule has 0 aromatic heterocycles. The van der Waals surface area contributed by atoms with Crippen molar-refractivity contribution < 1.29 is 5.11 Å². The molecule has 2 unspecified atom stereocenters. The van der Waals surface area contributed by atoms with E-state index >= 15 is 0 Å². The number of aliphatic hydroxyl groups is 1. The number of hydrogen-bond acceptors (Lipinski definition) is 2. The molecule has 1 aliphatic heterocycles. The quantitative estimate of drug-likeness (QED) is 0.700. The van der Waals surface area contributed by atoms with Crippen molar-refractivity contribution in [2.45, 2.75) is 45.6 Å². The molecule has 2 N–H and O–H groups in total. The van der Waals surface area contributed by atoms with E-state index < -0.39 is 0 Å². The van der Waals surface area contributed by atoms with Crippen LogP contribution in [0.3, 0.4) is 0 Å². The lowest BCUT2D eigenvalue weighted by Crippen LogP contribution is -2.36. The zero-order valence-corrected chi connectivity index (χ0v) is 8.92. The number of nitrogens with one attached hydrogen (secondary N) is 1. The molecule has 78 valence electrons. The van der Waals surface area contributed by atoms with Crippen LogP contribution in [0.1, 0.15) is 39.5 Å². The van der Waals surface area contributed by atoms with Gasteiger partial charge in [0.15, 0.2) is 0 Å². The molecule has 0 aromatic carbocycles. The molecule has 0 saturated carbocycles. The van der Waals surface area contributed by atoms with E-state index in [0.717, 1.165) is 25.9 Å². The van der Waals surface area contributed by atoms with Crippen molar-refractivity contribution in [2.75, 3.05) is 13.1 Å². The van der Waals surface area contributed by atoms with Crippen LogP contribution in [-0.4, -0.2) is 24.3 Å². The molecule has 0 amide bonds. The maximum atomic E-state index is 9.88. The summed E-state index contributed by atoms with van der Waals surface area (Å²) in [7, 11) is 0. The Hall–Kier alpha value is -0.0800. The summed E-state index contributed by atoms with van der Waals surface area (Å²) in [4.78, 5) is 0. The highest BCUT2D eigenvalue weighted by atomic mass is 16.3. The summed E-state index contributed by atoms with van der Waals surface area (Å²) in [5.41, 5.74) is 0. The lowest BCUT2D eigenvalue weighted by atomic mass is 9.90. The number of rotatable bonds is 4. The second-order valence-electron chi connectivity index (χ2n) is 4.64. The highest BCUT2D eigenvalue weighted by molar-refractivity contribution is 4.75. The van der Waals surface area contributed by atoms with Gasteiger partial charge in [-0.25, -0.2) is 0 Å². The third-order valence-corrected chi connectivity index (χ3v) is 2.92. The average molecular weight is 185 g/mol. The molecule has 1 saturated heterocycles. The summed E-state index contributed by atoms with van der Waals surface area (Å²) >= 11 is 0. The smallest absolute Gasteiger partial charge is 0.0580 e. The van der Waals surface area contributed by atoms with E-state index in [2.05, 4.69) is 19.2 Å². The average Bonchev–Trinajstić information content (AvgIpc) is 2.15. The summed E-state index contributed by atoms with van der Waals surface area (Å²) in [5, 5.41) is 13.2. The topological polar surface area (TPSA) is 32.3 Å². The first kappa shape index (κ1) is 11.0. The van der Waals surface area contributed by atoms with E-state index in [0.29, 0.717) is 11.8 Å². The second-order valence-corrected chi connectivity index (χ2v) is 4.64. The predicted octanol–water partition coefficient (Wildman–Crippen LogP) is 1.78. The summed E-state index contributed by atoms with van der Waals surface area (Å²) < 4.78 is 0. The van der Waals surface area contributed by atoms with Crippen molar-refractivity contribution >= 4 is 0 Å². The van der Waals surface area contributed by atoms with E-state index in [-0.39, 0.29) is 6.10 Å². The SMILES string of the molecule is CC(C)CCC(O)C1CCCNC1. The van der Waals surface area contributed by atoms with Gasteiger partial charge in [-0.05, 0) is 44.1 Å². The van der Waals surface area contributed by atoms with E-state index in [1.165, 1.54) is 12.8 Å². The molecule has 13 heavy (non-hydrogen) atoms. The maximum Gasteiger partial charge on any atom is 0.0580 e. The minimum Gasteiger partial charge on any atom is -0.393 e. The van der Waals surface area contributed by atoms with Crippen molar-refractivity contribution in [1.82, 2.24) is 5.32 Å². The zero-order valence-electron chi connectivity index (χ0n) is 8.92. The fourth-order valence-electron chi connectivity index (χ4n) is 1.95. The Labute approximate surface area is 81.7 Å². The van der Waals surface area contributed by atoms with Gasteiger partial charge >= 0.3 is 0 Å². The molecular weight excluding hydrogens is 162 g/mol. The van der Waals surface area contributed by atoms with Gasteiger partial charge in [0, 0.05) is 6.54 Å². The molecule has 2 atom stereocenters. The Morgan fingerprint density at radius 2 is 2.15 bits per heavy atom. The Bertz CT molecular complexity index is 130. The van der Waals surface area contributed by atoms with Crippen molar-refractivity contribution in [3.8, 4) is 0 Å². The van der Waals surface area contributed by atoms with Crippen LogP contribution in [0, 0.1) is 11.8 Å². The summed E-state index contributed by atoms with van der Waals surface area (Å²) in [5.74, 6) is 1.22. The minimum absolute atomic E-state index is 0.0739. The molecule has 0 radical (unpaired) electrons. The first-order valence-electron chi connectivity index (χ1n) is 5.59. The van der Waals surface area contributed by atoms with Crippen LogP contribution in [0.25, 0.3) is 0 Å². The Morgan fingerprint density at radius 3 is 2.69 bits per heavy atom. The van der Waals surface area contributed by atoms with Crippen LogP contribution in [0.2, 0.25) is 0 Å². The summed E-state index contributed by atoms with van der Waals surface area (Å²) in [6, 6.07) is 0. The van der Waals surface area contributed by atoms with Crippen molar-refractivity contribution in [3.05, 3.63) is 0 Å². The molecule has 1 aliphatic rings. The first-order valence-corrected chi connectivity index (χ1v) is 5.59. The van der Waals surface area contributed by atoms with Gasteiger partial charge in [-0.15, -0.1) is 0 Å². The predicted molar refractivity (Wildman–Crippen MR) is 55.7 cm³/mol. The molecule has 0 aromatic rings. The molecule has 1 rings (SSSR count). The van der Waals surface area contributed by atoms with Crippen LogP contribution in [0.4, 0.5) is 0 Å². The van der Waals surface area contributed by atoms with Gasteiger partial charge in [0.2, 0.25) is 0 Å².